The maximum absolute atomic E-state index is 11.0. The van der Waals surface area contributed by atoms with E-state index in [1.54, 1.807) is 0 Å². The summed E-state index contributed by atoms with van der Waals surface area (Å²) < 4.78 is 3.31. The van der Waals surface area contributed by atoms with Gasteiger partial charge in [-0.05, 0) is 74.8 Å². The van der Waals surface area contributed by atoms with Gasteiger partial charge in [-0.3, -0.25) is 4.79 Å². The van der Waals surface area contributed by atoms with Gasteiger partial charge in [0.25, 0.3) is 0 Å². The van der Waals surface area contributed by atoms with Gasteiger partial charge in [0.15, 0.2) is 0 Å². The number of likely N-dealkylation sites (N-methyl/N-ethyl adjacent to an activating group) is 1. The van der Waals surface area contributed by atoms with Crippen LogP contribution in [0.25, 0.3) is 0 Å². The molecule has 0 aliphatic heterocycles. The second-order valence-electron chi connectivity index (χ2n) is 5.59. The van der Waals surface area contributed by atoms with Gasteiger partial charge in [-0.1, -0.05) is 18.2 Å². The Kier molecular flexibility index (Phi) is 6.04. The zero-order valence-electron chi connectivity index (χ0n) is 13.3. The van der Waals surface area contributed by atoms with Crippen LogP contribution in [0, 0.1) is 6.92 Å². The third kappa shape index (κ3) is 4.90. The molecule has 0 amide bonds. The van der Waals surface area contributed by atoms with Crippen LogP contribution in [0.3, 0.4) is 0 Å². The number of aldehydes is 1. The van der Waals surface area contributed by atoms with E-state index in [-0.39, 0.29) is 0 Å². The maximum Gasteiger partial charge on any atom is 0.150 e. The molecule has 0 aromatic heterocycles. The van der Waals surface area contributed by atoms with Crippen LogP contribution in [-0.4, -0.2) is 31.8 Å². The second-order valence-corrected chi connectivity index (χ2v) is 6.47. The van der Waals surface area contributed by atoms with E-state index in [4.69, 9.17) is 0 Å². The molecular formula is C18H22N2OS. The zero-order chi connectivity index (χ0) is 15.9. The SMILES string of the molecule is Cc1ccc(SNc2ccc(CCN(C)C)cc2)cc1C=O. The fourth-order valence-electron chi connectivity index (χ4n) is 2.02. The molecule has 116 valence electrons. The van der Waals surface area contributed by atoms with Crippen molar-refractivity contribution in [3.8, 4) is 0 Å². The van der Waals surface area contributed by atoms with E-state index in [0.717, 1.165) is 41.0 Å². The highest BCUT2D eigenvalue weighted by Gasteiger charge is 2.01. The number of hydrogen-bond acceptors (Lipinski definition) is 4. The highest BCUT2D eigenvalue weighted by Crippen LogP contribution is 2.23. The predicted molar refractivity (Wildman–Crippen MR) is 94.7 cm³/mol. The Balaban J connectivity index is 1.92. The van der Waals surface area contributed by atoms with E-state index in [1.807, 2.05) is 25.1 Å². The third-order valence-electron chi connectivity index (χ3n) is 3.47. The summed E-state index contributed by atoms with van der Waals surface area (Å²) in [5, 5.41) is 0. The van der Waals surface area contributed by atoms with E-state index in [9.17, 15) is 4.79 Å². The number of carbonyl (C=O) groups excluding carboxylic acids is 1. The largest absolute Gasteiger partial charge is 0.326 e. The summed E-state index contributed by atoms with van der Waals surface area (Å²) in [6.45, 7) is 3.00. The zero-order valence-corrected chi connectivity index (χ0v) is 14.1. The molecule has 0 aliphatic carbocycles. The summed E-state index contributed by atoms with van der Waals surface area (Å²) in [5.41, 5.74) is 4.14. The first-order chi connectivity index (χ1) is 10.6. The van der Waals surface area contributed by atoms with E-state index in [0.29, 0.717) is 0 Å². The van der Waals surface area contributed by atoms with E-state index in [1.165, 1.54) is 17.5 Å². The van der Waals surface area contributed by atoms with Crippen molar-refractivity contribution < 1.29 is 4.79 Å². The lowest BCUT2D eigenvalue weighted by Crippen LogP contribution is -2.14. The first-order valence-corrected chi connectivity index (χ1v) is 8.12. The summed E-state index contributed by atoms with van der Waals surface area (Å²) in [6, 6.07) is 14.4. The van der Waals surface area contributed by atoms with Crippen molar-refractivity contribution in [2.45, 2.75) is 18.2 Å². The first-order valence-electron chi connectivity index (χ1n) is 7.31. The van der Waals surface area contributed by atoms with E-state index >= 15 is 0 Å². The van der Waals surface area contributed by atoms with Crippen molar-refractivity contribution in [1.29, 1.82) is 0 Å². The van der Waals surface area contributed by atoms with Crippen molar-refractivity contribution >= 4 is 23.9 Å². The van der Waals surface area contributed by atoms with Crippen LogP contribution in [0.15, 0.2) is 47.4 Å². The number of aryl methyl sites for hydroxylation is 1. The molecule has 1 N–H and O–H groups in total. The predicted octanol–water partition coefficient (Wildman–Crippen LogP) is 4.03. The number of nitrogens with zero attached hydrogens (tertiary/aromatic N) is 1. The summed E-state index contributed by atoms with van der Waals surface area (Å²) in [7, 11) is 4.17. The smallest absolute Gasteiger partial charge is 0.150 e. The van der Waals surface area contributed by atoms with Gasteiger partial charge in [-0.25, -0.2) is 0 Å². The Labute approximate surface area is 136 Å². The summed E-state index contributed by atoms with van der Waals surface area (Å²) in [4.78, 5) is 14.2. The van der Waals surface area contributed by atoms with E-state index < -0.39 is 0 Å². The van der Waals surface area contributed by atoms with Gasteiger partial charge in [0, 0.05) is 22.7 Å². The van der Waals surface area contributed by atoms with Crippen molar-refractivity contribution in [2.75, 3.05) is 25.4 Å². The molecule has 0 bridgehead atoms. The third-order valence-corrected chi connectivity index (χ3v) is 4.29. The molecular weight excluding hydrogens is 292 g/mol. The van der Waals surface area contributed by atoms with Crippen molar-refractivity contribution in [1.82, 2.24) is 4.90 Å². The molecule has 2 aromatic rings. The number of nitrogens with one attached hydrogen (secondary N) is 1. The van der Waals surface area contributed by atoms with Crippen molar-refractivity contribution in [3.63, 3.8) is 0 Å². The number of anilines is 1. The van der Waals surface area contributed by atoms with Crippen LogP contribution >= 0.6 is 11.9 Å². The number of benzene rings is 2. The van der Waals surface area contributed by atoms with Crippen LogP contribution in [0.1, 0.15) is 21.5 Å². The van der Waals surface area contributed by atoms with Crippen molar-refractivity contribution in [3.05, 3.63) is 59.2 Å². The van der Waals surface area contributed by atoms with Gasteiger partial charge in [-0.2, -0.15) is 0 Å². The molecule has 0 atom stereocenters. The van der Waals surface area contributed by atoms with Crippen LogP contribution in [0.2, 0.25) is 0 Å². The molecule has 0 unspecified atom stereocenters. The standard InChI is InChI=1S/C18H22N2OS/c1-14-4-9-18(12-16(14)13-21)22-19-17-7-5-15(6-8-17)10-11-20(2)3/h4-9,12-13,19H,10-11H2,1-3H3. The quantitative estimate of drug-likeness (QED) is 0.618. The average molecular weight is 314 g/mol. The minimum atomic E-state index is 0.742. The topological polar surface area (TPSA) is 32.3 Å². The fourth-order valence-corrected chi connectivity index (χ4v) is 2.71. The van der Waals surface area contributed by atoms with Crippen LogP contribution < -0.4 is 4.72 Å². The highest BCUT2D eigenvalue weighted by atomic mass is 32.2. The molecule has 0 saturated heterocycles. The van der Waals surface area contributed by atoms with Gasteiger partial charge in [0.2, 0.25) is 0 Å². The normalized spacial score (nSPS) is 10.7. The van der Waals surface area contributed by atoms with Crippen LogP contribution in [0.4, 0.5) is 5.69 Å². The Hall–Kier alpha value is -1.78. The number of hydrogen-bond donors (Lipinski definition) is 1. The van der Waals surface area contributed by atoms with Gasteiger partial charge in [0.05, 0.1) is 0 Å². The average Bonchev–Trinajstić information content (AvgIpc) is 2.53. The lowest BCUT2D eigenvalue weighted by atomic mass is 10.1. The van der Waals surface area contributed by atoms with Crippen LogP contribution in [0.5, 0.6) is 0 Å². The molecule has 0 radical (unpaired) electrons. The van der Waals surface area contributed by atoms with Crippen molar-refractivity contribution in [2.24, 2.45) is 0 Å². The van der Waals surface area contributed by atoms with Gasteiger partial charge >= 0.3 is 0 Å². The van der Waals surface area contributed by atoms with Crippen LogP contribution in [-0.2, 0) is 6.42 Å². The minimum absolute atomic E-state index is 0.742. The molecule has 0 aliphatic rings. The summed E-state index contributed by atoms with van der Waals surface area (Å²) in [5.74, 6) is 0. The van der Waals surface area contributed by atoms with E-state index in [2.05, 4.69) is 48.0 Å². The van der Waals surface area contributed by atoms with Gasteiger partial charge in [0.1, 0.15) is 6.29 Å². The maximum atomic E-state index is 11.0. The second kappa shape index (κ2) is 8.01. The molecule has 2 rings (SSSR count). The highest BCUT2D eigenvalue weighted by molar-refractivity contribution is 8.00. The molecule has 0 spiro atoms. The summed E-state index contributed by atoms with van der Waals surface area (Å²) >= 11 is 1.52. The Morgan fingerprint density at radius 2 is 1.86 bits per heavy atom. The molecule has 2 aromatic carbocycles. The lowest BCUT2D eigenvalue weighted by molar-refractivity contribution is 0.112. The molecule has 0 saturated carbocycles. The lowest BCUT2D eigenvalue weighted by Gasteiger charge is -2.10. The van der Waals surface area contributed by atoms with Gasteiger partial charge < -0.3 is 9.62 Å². The monoisotopic (exact) mass is 314 g/mol. The number of rotatable bonds is 7. The fraction of sp³-hybridized carbons (Fsp3) is 0.278. The summed E-state index contributed by atoms with van der Waals surface area (Å²) in [6.07, 6.45) is 1.96. The molecule has 0 heterocycles. The molecule has 0 fully saturated rings. The molecule has 4 heteroatoms. The Morgan fingerprint density at radius 3 is 2.50 bits per heavy atom. The minimum Gasteiger partial charge on any atom is -0.326 e. The van der Waals surface area contributed by atoms with Gasteiger partial charge in [-0.15, -0.1) is 0 Å². The Bertz CT molecular complexity index is 623. The molecule has 3 nitrogen and oxygen atoms in total. The molecule has 22 heavy (non-hydrogen) atoms. The number of carbonyl (C=O) groups is 1. The Morgan fingerprint density at radius 1 is 1.14 bits per heavy atom. The first kappa shape index (κ1) is 16.6.